The lowest BCUT2D eigenvalue weighted by Crippen LogP contribution is -2.24. The first kappa shape index (κ1) is 14.4. The second-order valence-corrected chi connectivity index (χ2v) is 5.65. The maximum absolute atomic E-state index is 12.5. The summed E-state index contributed by atoms with van der Waals surface area (Å²) in [7, 11) is 0. The van der Waals surface area contributed by atoms with Crippen LogP contribution in [0, 0.1) is 0 Å². The van der Waals surface area contributed by atoms with Gasteiger partial charge in [0.2, 0.25) is 0 Å². The van der Waals surface area contributed by atoms with Crippen LogP contribution < -0.4 is 16.6 Å². The molecule has 3 heterocycles. The summed E-state index contributed by atoms with van der Waals surface area (Å²) < 4.78 is 1.18. The number of nitrogens with zero attached hydrogens (tertiary/aromatic N) is 2. The van der Waals surface area contributed by atoms with E-state index in [9.17, 15) is 14.4 Å². The second kappa shape index (κ2) is 4.90. The topological polar surface area (TPSA) is 107 Å². The highest BCUT2D eigenvalue weighted by Gasteiger charge is 2.32. The average Bonchev–Trinajstić information content (AvgIpc) is 2.84. The standard InChI is InChI=1S/C16H9ClN4O3/c17-9-3-4-10(7-2-1-5-19-13(7)9)21-11(22)6-8-12(14(21)18)16(24)20-15(8)23/h1-6H,18H2,(H,20,23,24). The summed E-state index contributed by atoms with van der Waals surface area (Å²) >= 11 is 6.14. The number of anilines is 1. The summed E-state index contributed by atoms with van der Waals surface area (Å²) in [5.41, 5.74) is 6.43. The van der Waals surface area contributed by atoms with E-state index in [4.69, 9.17) is 17.3 Å². The van der Waals surface area contributed by atoms with Crippen molar-refractivity contribution in [3.05, 3.63) is 63.0 Å². The van der Waals surface area contributed by atoms with Crippen LogP contribution in [0.15, 0.2) is 41.3 Å². The van der Waals surface area contributed by atoms with E-state index in [1.165, 1.54) is 4.57 Å². The number of halogens is 1. The number of imide groups is 1. The van der Waals surface area contributed by atoms with Gasteiger partial charge in [0, 0.05) is 17.6 Å². The molecule has 0 radical (unpaired) electrons. The van der Waals surface area contributed by atoms with Gasteiger partial charge in [-0.25, -0.2) is 0 Å². The predicted molar refractivity (Wildman–Crippen MR) is 88.6 cm³/mol. The minimum Gasteiger partial charge on any atom is -0.384 e. The minimum atomic E-state index is -0.631. The fourth-order valence-electron chi connectivity index (χ4n) is 2.85. The quantitative estimate of drug-likeness (QED) is 0.653. The van der Waals surface area contributed by atoms with Crippen molar-refractivity contribution in [2.24, 2.45) is 0 Å². The molecule has 0 atom stereocenters. The summed E-state index contributed by atoms with van der Waals surface area (Å²) in [5.74, 6) is -1.36. The van der Waals surface area contributed by atoms with Crippen LogP contribution in [0.1, 0.15) is 20.7 Å². The molecular weight excluding hydrogens is 332 g/mol. The number of hydrogen-bond donors (Lipinski definition) is 2. The highest BCUT2D eigenvalue weighted by Crippen LogP contribution is 2.29. The number of pyridine rings is 2. The molecule has 24 heavy (non-hydrogen) atoms. The summed E-state index contributed by atoms with van der Waals surface area (Å²) in [4.78, 5) is 40.4. The van der Waals surface area contributed by atoms with Gasteiger partial charge in [0.05, 0.1) is 27.4 Å². The number of aromatic nitrogens is 2. The molecule has 2 aromatic heterocycles. The number of benzene rings is 1. The SMILES string of the molecule is Nc1c2c(cc(=O)n1-c1ccc(Cl)c3ncccc13)C(=O)NC2=O. The number of rotatable bonds is 1. The Labute approximate surface area is 139 Å². The first-order chi connectivity index (χ1) is 11.5. The molecular formula is C16H9ClN4O3. The second-order valence-electron chi connectivity index (χ2n) is 5.24. The highest BCUT2D eigenvalue weighted by molar-refractivity contribution is 6.35. The molecule has 0 aliphatic carbocycles. The zero-order chi connectivity index (χ0) is 17.0. The van der Waals surface area contributed by atoms with E-state index in [2.05, 4.69) is 10.3 Å². The van der Waals surface area contributed by atoms with E-state index in [0.717, 1.165) is 6.07 Å². The molecule has 0 unspecified atom stereocenters. The Morgan fingerprint density at radius 3 is 2.71 bits per heavy atom. The van der Waals surface area contributed by atoms with Gasteiger partial charge in [0.1, 0.15) is 5.82 Å². The molecule has 3 N–H and O–H groups in total. The van der Waals surface area contributed by atoms with E-state index in [-0.39, 0.29) is 16.9 Å². The normalized spacial score (nSPS) is 13.2. The van der Waals surface area contributed by atoms with Crippen LogP contribution in [0.5, 0.6) is 0 Å². The van der Waals surface area contributed by atoms with Gasteiger partial charge in [-0.1, -0.05) is 11.6 Å². The van der Waals surface area contributed by atoms with Gasteiger partial charge in [0.15, 0.2) is 0 Å². The van der Waals surface area contributed by atoms with Crippen molar-refractivity contribution >= 4 is 40.1 Å². The van der Waals surface area contributed by atoms with Gasteiger partial charge in [-0.2, -0.15) is 0 Å². The first-order valence-corrected chi connectivity index (χ1v) is 7.31. The zero-order valence-corrected chi connectivity index (χ0v) is 12.8. The van der Waals surface area contributed by atoms with Crippen molar-refractivity contribution in [1.29, 1.82) is 0 Å². The van der Waals surface area contributed by atoms with E-state index in [1.54, 1.807) is 30.5 Å². The zero-order valence-electron chi connectivity index (χ0n) is 12.0. The minimum absolute atomic E-state index is 0.00779. The van der Waals surface area contributed by atoms with Crippen molar-refractivity contribution in [2.75, 3.05) is 5.73 Å². The lowest BCUT2D eigenvalue weighted by atomic mass is 10.1. The van der Waals surface area contributed by atoms with Gasteiger partial charge < -0.3 is 5.73 Å². The van der Waals surface area contributed by atoms with Crippen molar-refractivity contribution in [3.8, 4) is 5.69 Å². The number of fused-ring (bicyclic) bond motifs is 2. The number of nitrogens with one attached hydrogen (secondary N) is 1. The molecule has 0 bridgehead atoms. The molecule has 1 aliphatic heterocycles. The molecule has 4 rings (SSSR count). The monoisotopic (exact) mass is 340 g/mol. The number of hydrogen-bond acceptors (Lipinski definition) is 5. The number of carbonyl (C=O) groups excluding carboxylic acids is 2. The number of amides is 2. The maximum Gasteiger partial charge on any atom is 0.262 e. The molecule has 0 fully saturated rings. The van der Waals surface area contributed by atoms with Gasteiger partial charge in [-0.3, -0.25) is 29.3 Å². The van der Waals surface area contributed by atoms with Crippen LogP contribution in [-0.4, -0.2) is 21.4 Å². The van der Waals surface area contributed by atoms with Crippen LogP contribution in [0.25, 0.3) is 16.6 Å². The van der Waals surface area contributed by atoms with Gasteiger partial charge in [0.25, 0.3) is 17.4 Å². The Kier molecular flexibility index (Phi) is 2.94. The van der Waals surface area contributed by atoms with Crippen LogP contribution in [0.2, 0.25) is 5.02 Å². The Morgan fingerprint density at radius 2 is 1.92 bits per heavy atom. The van der Waals surface area contributed by atoms with Crippen molar-refractivity contribution in [3.63, 3.8) is 0 Å². The molecule has 0 saturated heterocycles. The van der Waals surface area contributed by atoms with Gasteiger partial charge in [-0.15, -0.1) is 0 Å². The van der Waals surface area contributed by atoms with Crippen LogP contribution >= 0.6 is 11.6 Å². The molecule has 0 spiro atoms. The van der Waals surface area contributed by atoms with Crippen LogP contribution in [-0.2, 0) is 0 Å². The maximum atomic E-state index is 12.5. The summed E-state index contributed by atoms with van der Waals surface area (Å²) in [5, 5.41) is 3.16. The summed E-state index contributed by atoms with van der Waals surface area (Å²) in [6, 6.07) is 7.76. The summed E-state index contributed by atoms with van der Waals surface area (Å²) in [6.07, 6.45) is 1.58. The largest absolute Gasteiger partial charge is 0.384 e. The van der Waals surface area contributed by atoms with Crippen LogP contribution in [0.3, 0.4) is 0 Å². The lowest BCUT2D eigenvalue weighted by molar-refractivity contribution is 0.0880. The number of nitrogens with two attached hydrogens (primary N) is 1. The fraction of sp³-hybridized carbons (Fsp3) is 0. The molecule has 8 heteroatoms. The molecule has 118 valence electrons. The Hall–Kier alpha value is -3.19. The number of carbonyl (C=O) groups is 2. The average molecular weight is 341 g/mol. The third kappa shape index (κ3) is 1.85. The summed E-state index contributed by atoms with van der Waals surface area (Å²) in [6.45, 7) is 0. The molecule has 7 nitrogen and oxygen atoms in total. The lowest BCUT2D eigenvalue weighted by Gasteiger charge is -2.14. The third-order valence-corrected chi connectivity index (χ3v) is 4.20. The van der Waals surface area contributed by atoms with E-state index in [1.807, 2.05) is 0 Å². The Bertz CT molecular complexity index is 1120. The van der Waals surface area contributed by atoms with E-state index in [0.29, 0.717) is 21.6 Å². The highest BCUT2D eigenvalue weighted by atomic mass is 35.5. The first-order valence-electron chi connectivity index (χ1n) is 6.94. The van der Waals surface area contributed by atoms with Crippen molar-refractivity contribution < 1.29 is 9.59 Å². The van der Waals surface area contributed by atoms with Crippen molar-refractivity contribution in [1.82, 2.24) is 14.9 Å². The molecule has 2 amide bonds. The van der Waals surface area contributed by atoms with Gasteiger partial charge >= 0.3 is 0 Å². The molecule has 3 aromatic rings. The smallest absolute Gasteiger partial charge is 0.262 e. The molecule has 1 aromatic carbocycles. The molecule has 1 aliphatic rings. The molecule has 0 saturated carbocycles. The van der Waals surface area contributed by atoms with Crippen LogP contribution in [0.4, 0.5) is 5.82 Å². The third-order valence-electron chi connectivity index (χ3n) is 3.89. The van der Waals surface area contributed by atoms with Crippen molar-refractivity contribution in [2.45, 2.75) is 0 Å². The van der Waals surface area contributed by atoms with E-state index < -0.39 is 17.4 Å². The number of nitrogen functional groups attached to an aromatic ring is 1. The Morgan fingerprint density at radius 1 is 1.12 bits per heavy atom. The van der Waals surface area contributed by atoms with Gasteiger partial charge in [-0.05, 0) is 24.3 Å². The Balaban J connectivity index is 2.12. The predicted octanol–water partition coefficient (Wildman–Crippen LogP) is 1.50. The fourth-order valence-corrected chi connectivity index (χ4v) is 3.06. The van der Waals surface area contributed by atoms with E-state index >= 15 is 0 Å².